The molecule has 0 spiro atoms. The van der Waals surface area contributed by atoms with Gasteiger partial charge in [-0.05, 0) is 99.4 Å². The molecular weight excluding hydrogens is 645 g/mol. The number of piperidine rings is 1. The fourth-order valence-corrected chi connectivity index (χ4v) is 7.63. The third kappa shape index (κ3) is 7.88. The maximum absolute atomic E-state index is 14.9. The molecule has 6 rings (SSSR count). The second-order valence-corrected chi connectivity index (χ2v) is 15.0. The molecule has 49 heavy (non-hydrogen) atoms. The second-order valence-electron chi connectivity index (χ2n) is 14.0. The summed E-state index contributed by atoms with van der Waals surface area (Å²) in [6.45, 7) is 7.15. The summed E-state index contributed by atoms with van der Waals surface area (Å²) in [5.41, 5.74) is 3.23. The van der Waals surface area contributed by atoms with E-state index in [1.165, 1.54) is 23.9 Å². The van der Waals surface area contributed by atoms with E-state index in [0.717, 1.165) is 40.2 Å². The Kier molecular flexibility index (Phi) is 10.2. The quantitative estimate of drug-likeness (QED) is 0.237. The van der Waals surface area contributed by atoms with Gasteiger partial charge in [0.1, 0.15) is 5.60 Å². The number of fused-ring (bicyclic) bond motifs is 1. The molecule has 3 aromatic carbocycles. The van der Waals surface area contributed by atoms with E-state index in [-0.39, 0.29) is 30.3 Å². The summed E-state index contributed by atoms with van der Waals surface area (Å²) in [4.78, 5) is 47.6. The molecule has 1 aliphatic carbocycles. The minimum Gasteiger partial charge on any atom is -0.505 e. The van der Waals surface area contributed by atoms with Gasteiger partial charge in [-0.25, -0.2) is 9.18 Å². The zero-order chi connectivity index (χ0) is 34.9. The van der Waals surface area contributed by atoms with E-state index in [4.69, 9.17) is 9.47 Å². The van der Waals surface area contributed by atoms with Crippen LogP contribution in [0.1, 0.15) is 57.9 Å². The number of hydrogen-bond acceptors (Lipinski definition) is 7. The maximum Gasteiger partial charge on any atom is 0.410 e. The summed E-state index contributed by atoms with van der Waals surface area (Å²) in [5, 5.41) is 10.0. The predicted molar refractivity (Wildman–Crippen MR) is 189 cm³/mol. The van der Waals surface area contributed by atoms with Crippen LogP contribution < -0.4 is 9.80 Å². The number of halogens is 1. The first-order valence-electron chi connectivity index (χ1n) is 16.9. The van der Waals surface area contributed by atoms with Gasteiger partial charge in [0.15, 0.2) is 11.6 Å². The van der Waals surface area contributed by atoms with E-state index in [2.05, 4.69) is 0 Å². The van der Waals surface area contributed by atoms with Crippen LogP contribution in [0.5, 0.6) is 5.75 Å². The molecule has 2 aliphatic heterocycles. The number of benzene rings is 3. The first-order chi connectivity index (χ1) is 23.4. The number of methoxy groups -OCH3 is 1. The molecule has 11 heteroatoms. The Hall–Kier alpha value is -4.09. The summed E-state index contributed by atoms with van der Waals surface area (Å²) in [7, 11) is 1.64. The smallest absolute Gasteiger partial charge is 0.410 e. The number of amides is 3. The highest BCUT2D eigenvalue weighted by molar-refractivity contribution is 8.00. The van der Waals surface area contributed by atoms with E-state index in [9.17, 15) is 23.9 Å². The van der Waals surface area contributed by atoms with Gasteiger partial charge in [-0.3, -0.25) is 9.59 Å². The van der Waals surface area contributed by atoms with Crippen molar-refractivity contribution in [1.29, 1.82) is 0 Å². The maximum atomic E-state index is 14.9. The Labute approximate surface area is 291 Å². The van der Waals surface area contributed by atoms with Crippen molar-refractivity contribution in [3.8, 4) is 16.9 Å². The average molecular weight is 690 g/mol. The molecule has 0 bridgehead atoms. The van der Waals surface area contributed by atoms with Crippen LogP contribution in [0.2, 0.25) is 0 Å². The van der Waals surface area contributed by atoms with Crippen LogP contribution in [-0.2, 0) is 19.1 Å². The molecule has 0 aromatic heterocycles. The molecule has 3 aliphatic rings. The number of carbonyl (C=O) groups is 3. The SMILES string of the molecule is COCCCN1C(=O)CSc2ccc(N(C(=O)[C@H]3CN(C(=O)OC(C)(C)C)CC[C@@H]3c3cccc(-c4ccc(F)c(O)c4)c3)C3CC3)cc21. The number of thioether (sulfide) groups is 1. The molecular formula is C38H44FN3O6S. The summed E-state index contributed by atoms with van der Waals surface area (Å²) < 4.78 is 24.8. The number of hydrogen-bond donors (Lipinski definition) is 1. The van der Waals surface area contributed by atoms with Crippen molar-refractivity contribution in [1.82, 2.24) is 4.90 Å². The second kappa shape index (κ2) is 14.4. The van der Waals surface area contributed by atoms with E-state index in [1.54, 1.807) is 23.0 Å². The van der Waals surface area contributed by atoms with Crippen LogP contribution in [0.15, 0.2) is 65.6 Å². The van der Waals surface area contributed by atoms with Gasteiger partial charge >= 0.3 is 6.09 Å². The molecule has 3 aromatic rings. The summed E-state index contributed by atoms with van der Waals surface area (Å²) in [6, 6.07) is 18.0. The normalized spacial score (nSPS) is 19.4. The number of rotatable bonds is 9. The number of likely N-dealkylation sites (tertiary alicyclic amines) is 1. The number of carbonyl (C=O) groups excluding carboxylic acids is 3. The lowest BCUT2D eigenvalue weighted by molar-refractivity contribution is -0.124. The minimum atomic E-state index is -0.691. The molecule has 1 saturated carbocycles. The third-order valence-electron chi connectivity index (χ3n) is 9.22. The van der Waals surface area contributed by atoms with Crippen molar-refractivity contribution in [2.45, 2.75) is 68.9 Å². The van der Waals surface area contributed by atoms with Gasteiger partial charge in [0.2, 0.25) is 11.8 Å². The van der Waals surface area contributed by atoms with Crippen molar-refractivity contribution in [2.24, 2.45) is 5.92 Å². The van der Waals surface area contributed by atoms with Crippen LogP contribution >= 0.6 is 11.8 Å². The lowest BCUT2D eigenvalue weighted by Crippen LogP contribution is -2.51. The van der Waals surface area contributed by atoms with E-state index >= 15 is 0 Å². The zero-order valence-corrected chi connectivity index (χ0v) is 29.3. The Morgan fingerprint density at radius 3 is 2.53 bits per heavy atom. The Bertz CT molecular complexity index is 1720. The predicted octanol–water partition coefficient (Wildman–Crippen LogP) is 7.21. The van der Waals surface area contributed by atoms with Gasteiger partial charge in [-0.15, -0.1) is 11.8 Å². The first kappa shape index (κ1) is 34.8. The molecule has 2 heterocycles. The lowest BCUT2D eigenvalue weighted by atomic mass is 9.78. The summed E-state index contributed by atoms with van der Waals surface area (Å²) >= 11 is 1.51. The van der Waals surface area contributed by atoms with Crippen LogP contribution in [0.25, 0.3) is 11.1 Å². The number of phenolic OH excluding ortho intramolecular Hbond substituents is 1. The zero-order valence-electron chi connectivity index (χ0n) is 28.5. The van der Waals surface area contributed by atoms with Gasteiger partial charge in [-0.1, -0.05) is 30.3 Å². The molecule has 9 nitrogen and oxygen atoms in total. The van der Waals surface area contributed by atoms with E-state index in [0.29, 0.717) is 43.9 Å². The van der Waals surface area contributed by atoms with Gasteiger partial charge in [0.05, 0.1) is 17.4 Å². The average Bonchev–Trinajstić information content (AvgIpc) is 3.91. The Balaban J connectivity index is 1.35. The number of ether oxygens (including phenoxy) is 2. The molecule has 3 amide bonds. The molecule has 1 N–H and O–H groups in total. The van der Waals surface area contributed by atoms with Crippen molar-refractivity contribution in [3.63, 3.8) is 0 Å². The minimum absolute atomic E-state index is 0.0190. The van der Waals surface area contributed by atoms with Gasteiger partial charge in [0, 0.05) is 50.0 Å². The van der Waals surface area contributed by atoms with E-state index in [1.807, 2.05) is 68.1 Å². The van der Waals surface area contributed by atoms with Crippen molar-refractivity contribution < 1.29 is 33.4 Å². The molecule has 0 radical (unpaired) electrons. The highest BCUT2D eigenvalue weighted by atomic mass is 32.2. The van der Waals surface area contributed by atoms with Crippen molar-refractivity contribution >= 4 is 41.0 Å². The van der Waals surface area contributed by atoms with Gasteiger partial charge in [-0.2, -0.15) is 0 Å². The molecule has 1 saturated heterocycles. The van der Waals surface area contributed by atoms with E-state index < -0.39 is 29.2 Å². The third-order valence-corrected chi connectivity index (χ3v) is 10.3. The lowest BCUT2D eigenvalue weighted by Gasteiger charge is -2.41. The standard InChI is InChI=1S/C38H44FN3O6S/c1-38(2,3)48-37(46)40-17-15-29(26-8-5-7-24(19-26)25-9-13-31(39)33(43)20-25)30(22-40)36(45)42(27-10-11-27)28-12-14-34-32(21-28)41(16-6-18-47-4)35(44)23-49-34/h5,7-9,12-14,19-21,27,29-30,43H,6,10-11,15-18,22-23H2,1-4H3/t29-,30+/m1/s1. The fraction of sp³-hybridized carbons (Fsp3) is 0.447. The number of anilines is 2. The van der Waals surface area contributed by atoms with Crippen molar-refractivity contribution in [2.75, 3.05) is 48.9 Å². The van der Waals surface area contributed by atoms with Crippen LogP contribution in [0.4, 0.5) is 20.6 Å². The number of aromatic hydroxyl groups is 1. The van der Waals surface area contributed by atoms with Gasteiger partial charge < -0.3 is 29.3 Å². The van der Waals surface area contributed by atoms with Gasteiger partial charge in [0.25, 0.3) is 0 Å². The van der Waals surface area contributed by atoms with Crippen molar-refractivity contribution in [3.05, 3.63) is 72.0 Å². The molecule has 2 atom stereocenters. The topological polar surface area (TPSA) is 99.6 Å². The molecule has 0 unspecified atom stereocenters. The highest BCUT2D eigenvalue weighted by Gasteiger charge is 2.44. The largest absolute Gasteiger partial charge is 0.505 e. The van der Waals surface area contributed by atoms with Crippen LogP contribution in [0.3, 0.4) is 0 Å². The Morgan fingerprint density at radius 2 is 1.82 bits per heavy atom. The Morgan fingerprint density at radius 1 is 1.04 bits per heavy atom. The molecule has 2 fully saturated rings. The molecule has 260 valence electrons. The summed E-state index contributed by atoms with van der Waals surface area (Å²) in [5.74, 6) is -1.60. The monoisotopic (exact) mass is 689 g/mol. The highest BCUT2D eigenvalue weighted by Crippen LogP contribution is 2.44. The first-order valence-corrected chi connectivity index (χ1v) is 17.9. The number of nitrogens with zero attached hydrogens (tertiary/aromatic N) is 3. The fourth-order valence-electron chi connectivity index (χ4n) is 6.72. The summed E-state index contributed by atoms with van der Waals surface area (Å²) in [6.07, 6.45) is 2.51. The van der Waals surface area contributed by atoms with Crippen LogP contribution in [0, 0.1) is 11.7 Å². The van der Waals surface area contributed by atoms with Crippen LogP contribution in [-0.4, -0.2) is 78.7 Å². The number of phenols is 1.